The zero-order valence-corrected chi connectivity index (χ0v) is 11.4. The Morgan fingerprint density at radius 1 is 1.47 bits per heavy atom. The number of nitrogens with zero attached hydrogens (tertiary/aromatic N) is 1. The van der Waals surface area contributed by atoms with E-state index in [-0.39, 0.29) is 5.91 Å². The Labute approximate surface area is 112 Å². The number of benzene rings is 1. The molecule has 0 radical (unpaired) electrons. The number of fused-ring (bicyclic) bond motifs is 1. The maximum absolute atomic E-state index is 12.5. The van der Waals surface area contributed by atoms with Gasteiger partial charge in [0.15, 0.2) is 0 Å². The van der Waals surface area contributed by atoms with Crippen molar-refractivity contribution in [2.24, 2.45) is 0 Å². The van der Waals surface area contributed by atoms with Crippen molar-refractivity contribution in [3.63, 3.8) is 0 Å². The van der Waals surface area contributed by atoms with E-state index < -0.39 is 0 Å². The molecule has 1 atom stereocenters. The minimum absolute atomic E-state index is 0.105. The molecular weight excluding hydrogens is 238 g/mol. The van der Waals surface area contributed by atoms with Crippen LogP contribution < -0.4 is 5.32 Å². The quantitative estimate of drug-likeness (QED) is 0.863. The van der Waals surface area contributed by atoms with Gasteiger partial charge in [0.2, 0.25) is 0 Å². The number of carbonyl (C=O) groups is 1. The highest BCUT2D eigenvalue weighted by molar-refractivity contribution is 5.98. The lowest BCUT2D eigenvalue weighted by Crippen LogP contribution is -2.33. The molecule has 2 heterocycles. The number of hydrogen-bond acceptors (Lipinski definition) is 2. The van der Waals surface area contributed by atoms with Gasteiger partial charge >= 0.3 is 0 Å². The fourth-order valence-corrected chi connectivity index (χ4v) is 2.77. The normalized spacial score (nSPS) is 19.3. The summed E-state index contributed by atoms with van der Waals surface area (Å²) in [4.78, 5) is 17.6. The van der Waals surface area contributed by atoms with E-state index >= 15 is 0 Å². The van der Waals surface area contributed by atoms with Crippen LogP contribution in [0, 0.1) is 6.92 Å². The van der Waals surface area contributed by atoms with Gasteiger partial charge in [0, 0.05) is 30.0 Å². The topological polar surface area (TPSA) is 48.1 Å². The van der Waals surface area contributed by atoms with Crippen LogP contribution in [0.1, 0.15) is 22.5 Å². The molecule has 2 N–H and O–H groups in total. The van der Waals surface area contributed by atoms with Crippen LogP contribution in [0.25, 0.3) is 10.9 Å². The molecule has 1 amide bonds. The Kier molecular flexibility index (Phi) is 3.03. The summed E-state index contributed by atoms with van der Waals surface area (Å²) in [6.07, 6.45) is 1.03. The largest absolute Gasteiger partial charge is 0.350 e. The van der Waals surface area contributed by atoms with Crippen molar-refractivity contribution >= 4 is 16.8 Å². The number of rotatable bonds is 2. The molecule has 0 spiro atoms. The van der Waals surface area contributed by atoms with Crippen molar-refractivity contribution in [2.75, 3.05) is 20.1 Å². The van der Waals surface area contributed by atoms with Crippen LogP contribution >= 0.6 is 0 Å². The van der Waals surface area contributed by atoms with Gasteiger partial charge in [0.25, 0.3) is 5.91 Å². The number of nitrogens with one attached hydrogen (secondary N) is 2. The van der Waals surface area contributed by atoms with Crippen molar-refractivity contribution in [1.82, 2.24) is 15.2 Å². The number of H-pyrrole nitrogens is 1. The molecule has 1 saturated heterocycles. The first-order valence-electron chi connectivity index (χ1n) is 6.74. The van der Waals surface area contributed by atoms with E-state index in [0.29, 0.717) is 11.7 Å². The molecule has 4 nitrogen and oxygen atoms in total. The second kappa shape index (κ2) is 4.70. The standard InChI is InChI=1S/C15H19N3O/c1-10-4-3-5-11-8-13(17-14(10)11)15(19)18-7-6-12(9-18)16-2/h3-5,8,12,16-17H,6-7,9H2,1-2H3/t12-/m0/s1. The van der Waals surface area contributed by atoms with Gasteiger partial charge in [-0.2, -0.15) is 0 Å². The number of likely N-dealkylation sites (N-methyl/N-ethyl adjacent to an activating group) is 1. The summed E-state index contributed by atoms with van der Waals surface area (Å²) in [5.74, 6) is 0.105. The Morgan fingerprint density at radius 2 is 2.32 bits per heavy atom. The molecule has 4 heteroatoms. The minimum Gasteiger partial charge on any atom is -0.350 e. The monoisotopic (exact) mass is 257 g/mol. The van der Waals surface area contributed by atoms with E-state index in [4.69, 9.17) is 0 Å². The lowest BCUT2D eigenvalue weighted by atomic mass is 10.2. The predicted molar refractivity (Wildman–Crippen MR) is 76.4 cm³/mol. The maximum atomic E-state index is 12.5. The highest BCUT2D eigenvalue weighted by atomic mass is 16.2. The lowest BCUT2D eigenvalue weighted by Gasteiger charge is -2.15. The fraction of sp³-hybridized carbons (Fsp3) is 0.400. The summed E-state index contributed by atoms with van der Waals surface area (Å²) in [5.41, 5.74) is 2.93. The summed E-state index contributed by atoms with van der Waals surface area (Å²) in [7, 11) is 1.95. The van der Waals surface area contributed by atoms with Crippen LogP contribution in [-0.2, 0) is 0 Å². The smallest absolute Gasteiger partial charge is 0.270 e. The molecule has 19 heavy (non-hydrogen) atoms. The van der Waals surface area contributed by atoms with Crippen molar-refractivity contribution in [2.45, 2.75) is 19.4 Å². The van der Waals surface area contributed by atoms with Crippen LogP contribution in [0.5, 0.6) is 0 Å². The SMILES string of the molecule is CN[C@H]1CCN(C(=O)c2cc3cccc(C)c3[nH]2)C1. The van der Waals surface area contributed by atoms with Crippen molar-refractivity contribution in [3.05, 3.63) is 35.5 Å². The predicted octanol–water partition coefficient (Wildman–Crippen LogP) is 1.91. The van der Waals surface area contributed by atoms with Crippen LogP contribution in [0.15, 0.2) is 24.3 Å². The minimum atomic E-state index is 0.105. The van der Waals surface area contributed by atoms with E-state index in [1.54, 1.807) is 0 Å². The van der Waals surface area contributed by atoms with Crippen LogP contribution in [0.4, 0.5) is 0 Å². The number of carbonyl (C=O) groups excluding carboxylic acids is 1. The van der Waals surface area contributed by atoms with Gasteiger partial charge in [-0.3, -0.25) is 4.79 Å². The molecule has 1 aliphatic heterocycles. The second-order valence-corrected chi connectivity index (χ2v) is 5.25. The molecule has 1 aromatic heterocycles. The zero-order chi connectivity index (χ0) is 13.4. The summed E-state index contributed by atoms with van der Waals surface area (Å²) < 4.78 is 0. The molecule has 1 aliphatic rings. The van der Waals surface area contributed by atoms with E-state index in [0.717, 1.165) is 30.4 Å². The Bertz CT molecular complexity index is 617. The summed E-state index contributed by atoms with van der Waals surface area (Å²) >= 11 is 0. The van der Waals surface area contributed by atoms with E-state index in [1.807, 2.05) is 30.1 Å². The number of aryl methyl sites for hydroxylation is 1. The number of para-hydroxylation sites is 1. The molecule has 0 bridgehead atoms. The number of aromatic amines is 1. The Hall–Kier alpha value is -1.81. The fourth-order valence-electron chi connectivity index (χ4n) is 2.77. The van der Waals surface area contributed by atoms with Gasteiger partial charge in [-0.1, -0.05) is 18.2 Å². The number of likely N-dealkylation sites (tertiary alicyclic amines) is 1. The lowest BCUT2D eigenvalue weighted by molar-refractivity contribution is 0.0785. The van der Waals surface area contributed by atoms with Gasteiger partial charge in [0.1, 0.15) is 5.69 Å². The van der Waals surface area contributed by atoms with E-state index in [1.165, 1.54) is 5.56 Å². The van der Waals surface area contributed by atoms with Crippen molar-refractivity contribution < 1.29 is 4.79 Å². The molecular formula is C15H19N3O. The van der Waals surface area contributed by atoms with Crippen molar-refractivity contribution in [3.8, 4) is 0 Å². The molecule has 3 rings (SSSR count). The second-order valence-electron chi connectivity index (χ2n) is 5.25. The van der Waals surface area contributed by atoms with E-state index in [9.17, 15) is 4.79 Å². The van der Waals surface area contributed by atoms with Gasteiger partial charge in [-0.05, 0) is 32.0 Å². The molecule has 1 aromatic carbocycles. The van der Waals surface area contributed by atoms with Gasteiger partial charge < -0.3 is 15.2 Å². The third-order valence-corrected chi connectivity index (χ3v) is 3.98. The van der Waals surface area contributed by atoms with Crippen LogP contribution in [0.2, 0.25) is 0 Å². The molecule has 0 saturated carbocycles. The molecule has 2 aromatic rings. The molecule has 0 unspecified atom stereocenters. The average Bonchev–Trinajstić information content (AvgIpc) is 3.05. The van der Waals surface area contributed by atoms with Gasteiger partial charge in [0.05, 0.1) is 0 Å². The number of hydrogen-bond donors (Lipinski definition) is 2. The summed E-state index contributed by atoms with van der Waals surface area (Å²) in [5, 5.41) is 4.34. The average molecular weight is 257 g/mol. The van der Waals surface area contributed by atoms with Gasteiger partial charge in [-0.15, -0.1) is 0 Å². The summed E-state index contributed by atoms with van der Waals surface area (Å²) in [6, 6.07) is 8.50. The van der Waals surface area contributed by atoms with E-state index in [2.05, 4.69) is 23.3 Å². The number of aromatic nitrogens is 1. The maximum Gasteiger partial charge on any atom is 0.270 e. The molecule has 0 aliphatic carbocycles. The third-order valence-electron chi connectivity index (χ3n) is 3.98. The molecule has 1 fully saturated rings. The first kappa shape index (κ1) is 12.2. The van der Waals surface area contributed by atoms with Crippen molar-refractivity contribution in [1.29, 1.82) is 0 Å². The third kappa shape index (κ3) is 2.12. The molecule has 100 valence electrons. The van der Waals surface area contributed by atoms with Gasteiger partial charge in [-0.25, -0.2) is 0 Å². The highest BCUT2D eigenvalue weighted by Crippen LogP contribution is 2.21. The number of amides is 1. The summed E-state index contributed by atoms with van der Waals surface area (Å²) in [6.45, 7) is 3.68. The van der Waals surface area contributed by atoms with Crippen LogP contribution in [0.3, 0.4) is 0 Å². The van der Waals surface area contributed by atoms with Crippen LogP contribution in [-0.4, -0.2) is 42.0 Å². The first-order valence-corrected chi connectivity index (χ1v) is 6.74. The Balaban J connectivity index is 1.88. The Morgan fingerprint density at radius 3 is 3.00 bits per heavy atom. The highest BCUT2D eigenvalue weighted by Gasteiger charge is 2.26. The zero-order valence-electron chi connectivity index (χ0n) is 11.4. The first-order chi connectivity index (χ1) is 9.19.